The van der Waals surface area contributed by atoms with E-state index in [2.05, 4.69) is 46.7 Å². The van der Waals surface area contributed by atoms with Gasteiger partial charge < -0.3 is 0 Å². The van der Waals surface area contributed by atoms with E-state index in [0.29, 0.717) is 5.69 Å². The van der Waals surface area contributed by atoms with Gasteiger partial charge in [-0.25, -0.2) is 0 Å². The normalized spacial score (nSPS) is 10.4. The van der Waals surface area contributed by atoms with Gasteiger partial charge in [0.05, 0.1) is 0 Å². The molecule has 0 saturated carbocycles. The summed E-state index contributed by atoms with van der Waals surface area (Å²) in [5.41, 5.74) is 2.95. The first kappa shape index (κ1) is 16.3. The van der Waals surface area contributed by atoms with Crippen molar-refractivity contribution in [1.82, 2.24) is 15.0 Å². The second kappa shape index (κ2) is 7.36. The second-order valence-electron chi connectivity index (χ2n) is 5.56. The summed E-state index contributed by atoms with van der Waals surface area (Å²) in [6.07, 6.45) is 0. The molecule has 0 fully saturated rings. The molecular weight excluding hydrogens is 387 g/mol. The van der Waals surface area contributed by atoms with Crippen molar-refractivity contribution in [3.63, 3.8) is 0 Å². The maximum absolute atomic E-state index is 9.48. The Labute approximate surface area is 157 Å². The van der Waals surface area contributed by atoms with E-state index >= 15 is 0 Å². The van der Waals surface area contributed by atoms with Crippen LogP contribution in [0.2, 0.25) is 0 Å². The Kier molecular flexibility index (Phi) is 4.61. The summed E-state index contributed by atoms with van der Waals surface area (Å²) in [4.78, 5) is 0. The molecule has 0 amide bonds. The number of rotatable bonds is 4. The number of para-hydroxylation sites is 1. The third-order valence-corrected chi connectivity index (χ3v) is 6.14. The molecule has 0 aliphatic rings. The van der Waals surface area contributed by atoms with Gasteiger partial charge in [-0.3, -0.25) is 0 Å². The van der Waals surface area contributed by atoms with Crippen LogP contribution in [0.3, 0.4) is 0 Å². The van der Waals surface area contributed by atoms with Crippen molar-refractivity contribution in [2.24, 2.45) is 0 Å². The predicted molar refractivity (Wildman–Crippen MR) is 103 cm³/mol. The van der Waals surface area contributed by atoms with Crippen molar-refractivity contribution in [2.45, 2.75) is 0 Å². The first-order chi connectivity index (χ1) is 12.9. The summed E-state index contributed by atoms with van der Waals surface area (Å²) in [5.74, 6) is 0. The molecule has 0 saturated heterocycles. The summed E-state index contributed by atoms with van der Waals surface area (Å²) >= 11 is 0.130. The van der Waals surface area contributed by atoms with Gasteiger partial charge in [-0.1, -0.05) is 0 Å². The van der Waals surface area contributed by atoms with Crippen LogP contribution < -0.4 is 8.92 Å². The molecule has 0 unspecified atom stereocenters. The Bertz CT molecular complexity index is 1070. The van der Waals surface area contributed by atoms with Crippen molar-refractivity contribution < 1.29 is 0 Å². The summed E-state index contributed by atoms with van der Waals surface area (Å²) in [6, 6.07) is 30.5. The Hall–Kier alpha value is -3.19. The zero-order valence-corrected chi connectivity index (χ0v) is 15.5. The Balaban J connectivity index is 1.85. The zero-order chi connectivity index (χ0) is 17.8. The second-order valence-corrected chi connectivity index (χ2v) is 7.90. The third-order valence-electron chi connectivity index (χ3n) is 3.89. The van der Waals surface area contributed by atoms with Crippen molar-refractivity contribution in [1.29, 1.82) is 5.26 Å². The SMILES string of the molecule is N#Cc1nnn(-c2ccccc2[Se]c2ccccc2)c1-c1ccccc1. The van der Waals surface area contributed by atoms with Gasteiger partial charge in [-0.2, -0.15) is 0 Å². The van der Waals surface area contributed by atoms with Crippen LogP contribution in [-0.2, 0) is 0 Å². The molecule has 0 bridgehead atoms. The van der Waals surface area contributed by atoms with E-state index in [1.54, 1.807) is 4.68 Å². The van der Waals surface area contributed by atoms with E-state index in [-0.39, 0.29) is 15.0 Å². The molecule has 0 N–H and O–H groups in total. The van der Waals surface area contributed by atoms with Crippen LogP contribution in [0, 0.1) is 11.3 Å². The molecule has 0 aliphatic carbocycles. The number of hydrogen-bond acceptors (Lipinski definition) is 3. The van der Waals surface area contributed by atoms with Crippen LogP contribution in [-0.4, -0.2) is 30.0 Å². The van der Waals surface area contributed by atoms with Crippen LogP contribution in [0.5, 0.6) is 0 Å². The van der Waals surface area contributed by atoms with E-state index in [4.69, 9.17) is 0 Å². The average molecular weight is 401 g/mol. The summed E-state index contributed by atoms with van der Waals surface area (Å²) in [6.45, 7) is 0. The zero-order valence-electron chi connectivity index (χ0n) is 13.8. The van der Waals surface area contributed by atoms with Crippen molar-refractivity contribution in [3.05, 3.63) is 90.6 Å². The van der Waals surface area contributed by atoms with Gasteiger partial charge in [-0.15, -0.1) is 0 Å². The topological polar surface area (TPSA) is 54.5 Å². The molecule has 0 spiro atoms. The van der Waals surface area contributed by atoms with E-state index in [1.807, 2.05) is 54.6 Å². The molecule has 1 aromatic heterocycles. The molecule has 4 aromatic rings. The van der Waals surface area contributed by atoms with E-state index in [9.17, 15) is 5.26 Å². The van der Waals surface area contributed by atoms with Gasteiger partial charge in [0.15, 0.2) is 0 Å². The van der Waals surface area contributed by atoms with Crippen LogP contribution in [0.1, 0.15) is 5.69 Å². The number of nitriles is 1. The van der Waals surface area contributed by atoms with Gasteiger partial charge in [0.1, 0.15) is 0 Å². The van der Waals surface area contributed by atoms with E-state index in [1.165, 1.54) is 8.92 Å². The number of benzene rings is 3. The standard InChI is InChI=1S/C21H14N4Se/c22-15-18-21(16-9-3-1-4-10-16)25(24-23-18)19-13-7-8-14-20(19)26-17-11-5-2-6-12-17/h1-14H. The number of aromatic nitrogens is 3. The van der Waals surface area contributed by atoms with Gasteiger partial charge in [0.25, 0.3) is 0 Å². The first-order valence-corrected chi connectivity index (χ1v) is 9.81. The molecular formula is C21H14N4Se. The van der Waals surface area contributed by atoms with Crippen LogP contribution >= 0.6 is 0 Å². The summed E-state index contributed by atoms with van der Waals surface area (Å²) in [7, 11) is 0. The minimum atomic E-state index is 0.130. The predicted octanol–water partition coefficient (Wildman–Crippen LogP) is 2.46. The van der Waals surface area contributed by atoms with E-state index in [0.717, 1.165) is 16.9 Å². The fraction of sp³-hybridized carbons (Fsp3) is 0. The molecule has 0 atom stereocenters. The monoisotopic (exact) mass is 402 g/mol. The molecule has 3 aromatic carbocycles. The van der Waals surface area contributed by atoms with Crippen molar-refractivity contribution in [2.75, 3.05) is 0 Å². The first-order valence-electron chi connectivity index (χ1n) is 8.10. The molecule has 5 heteroatoms. The summed E-state index contributed by atoms with van der Waals surface area (Å²) < 4.78 is 4.26. The van der Waals surface area contributed by atoms with Crippen LogP contribution in [0.25, 0.3) is 16.9 Å². The maximum atomic E-state index is 9.48. The van der Waals surface area contributed by atoms with Crippen LogP contribution in [0.4, 0.5) is 0 Å². The quantitative estimate of drug-likeness (QED) is 0.494. The molecule has 26 heavy (non-hydrogen) atoms. The molecule has 0 radical (unpaired) electrons. The molecule has 0 aliphatic heterocycles. The fourth-order valence-corrected chi connectivity index (χ4v) is 4.71. The van der Waals surface area contributed by atoms with Gasteiger partial charge in [0.2, 0.25) is 0 Å². The van der Waals surface area contributed by atoms with Crippen molar-refractivity contribution in [3.8, 4) is 23.0 Å². The van der Waals surface area contributed by atoms with Gasteiger partial charge in [-0.05, 0) is 0 Å². The van der Waals surface area contributed by atoms with Gasteiger partial charge >= 0.3 is 158 Å². The molecule has 4 nitrogen and oxygen atoms in total. The number of hydrogen-bond donors (Lipinski definition) is 0. The minimum absolute atomic E-state index is 0.130. The van der Waals surface area contributed by atoms with Crippen molar-refractivity contribution >= 4 is 23.9 Å². The fourth-order valence-electron chi connectivity index (χ4n) is 2.71. The number of nitrogens with zero attached hydrogens (tertiary/aromatic N) is 4. The summed E-state index contributed by atoms with van der Waals surface area (Å²) in [5, 5.41) is 17.9. The van der Waals surface area contributed by atoms with Gasteiger partial charge in [0, 0.05) is 0 Å². The molecule has 124 valence electrons. The third kappa shape index (κ3) is 3.16. The molecule has 1 heterocycles. The average Bonchev–Trinajstić information content (AvgIpc) is 3.14. The van der Waals surface area contributed by atoms with E-state index < -0.39 is 0 Å². The Morgan fingerprint density at radius 1 is 0.808 bits per heavy atom. The Morgan fingerprint density at radius 3 is 2.19 bits per heavy atom. The molecule has 4 rings (SSSR count). The Morgan fingerprint density at radius 2 is 1.46 bits per heavy atom. The van der Waals surface area contributed by atoms with Crippen LogP contribution in [0.15, 0.2) is 84.9 Å².